The lowest BCUT2D eigenvalue weighted by Crippen LogP contribution is -2.36. The Morgan fingerprint density at radius 2 is 1.96 bits per heavy atom. The first kappa shape index (κ1) is 19.7. The Hall–Kier alpha value is -2.05. The molecular formula is C21H21BrN2O2S. The molecule has 0 bridgehead atoms. The van der Waals surface area contributed by atoms with Gasteiger partial charge in [-0.2, -0.15) is 0 Å². The molecule has 2 aromatic carbocycles. The van der Waals surface area contributed by atoms with E-state index in [9.17, 15) is 9.90 Å². The molecule has 0 radical (unpaired) electrons. The largest absolute Gasteiger partial charge is 0.507 e. The van der Waals surface area contributed by atoms with Gasteiger partial charge in [0.05, 0.1) is 10.6 Å². The topological polar surface area (TPSA) is 52.9 Å². The van der Waals surface area contributed by atoms with Crippen molar-refractivity contribution in [2.75, 3.05) is 0 Å². The minimum Gasteiger partial charge on any atom is -0.507 e. The van der Waals surface area contributed by atoms with Crippen LogP contribution in [0.2, 0.25) is 0 Å². The Bertz CT molecular complexity index is 922. The van der Waals surface area contributed by atoms with Gasteiger partial charge in [0.2, 0.25) is 0 Å². The van der Waals surface area contributed by atoms with E-state index in [2.05, 4.69) is 15.9 Å². The maximum Gasteiger partial charge on any atom is 0.267 e. The molecule has 1 atom stereocenters. The van der Waals surface area contributed by atoms with Gasteiger partial charge in [-0.3, -0.25) is 9.69 Å². The van der Waals surface area contributed by atoms with Gasteiger partial charge in [0.1, 0.15) is 5.75 Å². The van der Waals surface area contributed by atoms with E-state index in [0.717, 1.165) is 16.6 Å². The zero-order chi connectivity index (χ0) is 19.6. The molecule has 3 rings (SSSR count). The number of phenolic OH excluding ortho intramolecular Hbond substituents is 1. The van der Waals surface area contributed by atoms with Crippen molar-refractivity contribution < 1.29 is 9.90 Å². The van der Waals surface area contributed by atoms with Crippen LogP contribution in [0.15, 0.2) is 56.8 Å². The number of carbonyl (C=O) groups is 1. The molecule has 1 N–H and O–H groups in total. The molecule has 2 aromatic rings. The van der Waals surface area contributed by atoms with Crippen molar-refractivity contribution in [2.45, 2.75) is 33.2 Å². The number of aryl methyl sites for hydroxylation is 1. The van der Waals surface area contributed by atoms with Gasteiger partial charge in [-0.1, -0.05) is 40.5 Å². The molecule has 1 aliphatic heterocycles. The second-order valence-corrected chi connectivity index (χ2v) is 8.40. The van der Waals surface area contributed by atoms with Crippen molar-refractivity contribution in [2.24, 2.45) is 4.99 Å². The molecule has 1 saturated heterocycles. The van der Waals surface area contributed by atoms with Gasteiger partial charge in [-0.25, -0.2) is 4.99 Å². The van der Waals surface area contributed by atoms with Crippen LogP contribution in [-0.4, -0.2) is 27.1 Å². The first-order valence-electron chi connectivity index (χ1n) is 8.76. The van der Waals surface area contributed by atoms with Crippen molar-refractivity contribution in [3.63, 3.8) is 0 Å². The molecule has 6 heteroatoms. The van der Waals surface area contributed by atoms with Gasteiger partial charge in [-0.15, -0.1) is 0 Å². The number of halogens is 1. The average molecular weight is 445 g/mol. The van der Waals surface area contributed by atoms with Crippen molar-refractivity contribution in [1.82, 2.24) is 4.90 Å². The normalized spacial score (nSPS) is 18.5. The smallest absolute Gasteiger partial charge is 0.267 e. The summed E-state index contributed by atoms with van der Waals surface area (Å²) >= 11 is 4.74. The predicted octanol–water partition coefficient (Wildman–Crippen LogP) is 5.87. The molecule has 1 aliphatic rings. The van der Waals surface area contributed by atoms with Gasteiger partial charge in [0.25, 0.3) is 5.91 Å². The van der Waals surface area contributed by atoms with Gasteiger partial charge < -0.3 is 5.11 Å². The fraction of sp³-hybridized carbons (Fsp3) is 0.238. The standard InChI is InChI=1S/C21H21BrN2O2S/c1-4-14(3)24-20(26)19(12-15-11-16(22)7-10-18(15)25)27-21(24)23-17-8-5-13(2)6-9-17/h5-12,14,25H,4H2,1-3H3/b19-12+,23-21?/t14-/m0/s1. The number of rotatable bonds is 4. The van der Waals surface area contributed by atoms with E-state index in [1.165, 1.54) is 17.3 Å². The van der Waals surface area contributed by atoms with E-state index in [4.69, 9.17) is 4.99 Å². The Balaban J connectivity index is 2.01. The Morgan fingerprint density at radius 1 is 1.26 bits per heavy atom. The molecule has 1 heterocycles. The summed E-state index contributed by atoms with van der Waals surface area (Å²) in [4.78, 5) is 20.0. The molecule has 0 spiro atoms. The second-order valence-electron chi connectivity index (χ2n) is 6.48. The zero-order valence-corrected chi connectivity index (χ0v) is 17.8. The number of aromatic hydroxyl groups is 1. The molecule has 0 unspecified atom stereocenters. The highest BCUT2D eigenvalue weighted by atomic mass is 79.9. The first-order valence-corrected chi connectivity index (χ1v) is 10.4. The number of phenols is 1. The van der Waals surface area contributed by atoms with E-state index < -0.39 is 0 Å². The molecule has 0 saturated carbocycles. The van der Waals surface area contributed by atoms with Crippen molar-refractivity contribution in [3.05, 3.63) is 63.0 Å². The zero-order valence-electron chi connectivity index (χ0n) is 15.4. The van der Waals surface area contributed by atoms with E-state index in [0.29, 0.717) is 15.6 Å². The van der Waals surface area contributed by atoms with Crippen LogP contribution in [0, 0.1) is 6.92 Å². The highest BCUT2D eigenvalue weighted by Crippen LogP contribution is 2.37. The summed E-state index contributed by atoms with van der Waals surface area (Å²) in [5.41, 5.74) is 2.58. The average Bonchev–Trinajstić information content (AvgIpc) is 2.94. The number of hydrogen-bond acceptors (Lipinski definition) is 4. The third-order valence-electron chi connectivity index (χ3n) is 4.40. The van der Waals surface area contributed by atoms with Crippen LogP contribution in [-0.2, 0) is 4.79 Å². The number of nitrogens with zero attached hydrogens (tertiary/aromatic N) is 2. The van der Waals surface area contributed by atoms with Crippen LogP contribution < -0.4 is 0 Å². The number of aliphatic imine (C=N–C) groups is 1. The fourth-order valence-corrected chi connectivity index (χ4v) is 4.11. The predicted molar refractivity (Wildman–Crippen MR) is 116 cm³/mol. The molecule has 1 fully saturated rings. The lowest BCUT2D eigenvalue weighted by molar-refractivity contribution is -0.123. The summed E-state index contributed by atoms with van der Waals surface area (Å²) in [6, 6.07) is 13.1. The number of hydrogen-bond donors (Lipinski definition) is 1. The Morgan fingerprint density at radius 3 is 2.63 bits per heavy atom. The van der Waals surface area contributed by atoms with Crippen LogP contribution in [0.4, 0.5) is 5.69 Å². The minimum absolute atomic E-state index is 0.0382. The summed E-state index contributed by atoms with van der Waals surface area (Å²) in [7, 11) is 0. The SMILES string of the molecule is CC[C@H](C)N1C(=O)/C(=C\c2cc(Br)ccc2O)SC1=Nc1ccc(C)cc1. The van der Waals surface area contributed by atoms with Crippen molar-refractivity contribution in [3.8, 4) is 5.75 Å². The second kappa shape index (κ2) is 8.31. The van der Waals surface area contributed by atoms with Crippen LogP contribution in [0.3, 0.4) is 0 Å². The summed E-state index contributed by atoms with van der Waals surface area (Å²) < 4.78 is 0.843. The quantitative estimate of drug-likeness (QED) is 0.600. The van der Waals surface area contributed by atoms with Crippen molar-refractivity contribution in [1.29, 1.82) is 0 Å². The van der Waals surface area contributed by atoms with Crippen molar-refractivity contribution >= 4 is 50.5 Å². The summed E-state index contributed by atoms with van der Waals surface area (Å²) in [6.07, 6.45) is 2.55. The van der Waals surface area contributed by atoms with Crippen LogP contribution in [0.1, 0.15) is 31.4 Å². The number of carbonyl (C=O) groups excluding carboxylic acids is 1. The Labute approximate surface area is 172 Å². The fourth-order valence-electron chi connectivity index (χ4n) is 2.65. The maximum absolute atomic E-state index is 13.0. The Kier molecular flexibility index (Phi) is 6.07. The lowest BCUT2D eigenvalue weighted by Gasteiger charge is -2.22. The highest BCUT2D eigenvalue weighted by Gasteiger charge is 2.36. The van der Waals surface area contributed by atoms with Crippen LogP contribution >= 0.6 is 27.7 Å². The number of thioether (sulfide) groups is 1. The molecule has 140 valence electrons. The minimum atomic E-state index is -0.0837. The molecular weight excluding hydrogens is 424 g/mol. The van der Waals surface area contributed by atoms with Crippen LogP contribution in [0.5, 0.6) is 5.75 Å². The maximum atomic E-state index is 13.0. The molecule has 27 heavy (non-hydrogen) atoms. The summed E-state index contributed by atoms with van der Waals surface area (Å²) in [5.74, 6) is 0.0534. The van der Waals surface area contributed by atoms with E-state index in [1.54, 1.807) is 29.2 Å². The summed E-state index contributed by atoms with van der Waals surface area (Å²) in [5, 5.41) is 10.8. The third-order valence-corrected chi connectivity index (χ3v) is 5.88. The molecule has 0 aromatic heterocycles. The van der Waals surface area contributed by atoms with Gasteiger partial charge in [0, 0.05) is 16.1 Å². The molecule has 0 aliphatic carbocycles. The third kappa shape index (κ3) is 4.45. The van der Waals surface area contributed by atoms with E-state index in [1.807, 2.05) is 45.0 Å². The monoisotopic (exact) mass is 444 g/mol. The summed E-state index contributed by atoms with van der Waals surface area (Å²) in [6.45, 7) is 6.10. The molecule has 1 amide bonds. The van der Waals surface area contributed by atoms with Gasteiger partial charge in [0.15, 0.2) is 5.17 Å². The lowest BCUT2D eigenvalue weighted by atomic mass is 10.1. The first-order chi connectivity index (χ1) is 12.9. The highest BCUT2D eigenvalue weighted by molar-refractivity contribution is 9.10. The van der Waals surface area contributed by atoms with Gasteiger partial charge in [-0.05, 0) is 68.4 Å². The van der Waals surface area contributed by atoms with E-state index in [-0.39, 0.29) is 17.7 Å². The number of amides is 1. The number of amidine groups is 1. The van der Waals surface area contributed by atoms with E-state index >= 15 is 0 Å². The number of benzene rings is 2. The van der Waals surface area contributed by atoms with Crippen LogP contribution in [0.25, 0.3) is 6.08 Å². The molecule has 4 nitrogen and oxygen atoms in total. The van der Waals surface area contributed by atoms with Gasteiger partial charge >= 0.3 is 0 Å².